The van der Waals surface area contributed by atoms with Crippen molar-refractivity contribution in [3.05, 3.63) is 59.4 Å². The van der Waals surface area contributed by atoms with Crippen LogP contribution < -0.4 is 10.1 Å². The number of carbonyl (C=O) groups is 1. The van der Waals surface area contributed by atoms with Gasteiger partial charge in [-0.05, 0) is 55.5 Å². The van der Waals surface area contributed by atoms with Gasteiger partial charge in [0.25, 0.3) is 5.91 Å². The Labute approximate surface area is 160 Å². The summed E-state index contributed by atoms with van der Waals surface area (Å²) < 4.78 is 5.78. The van der Waals surface area contributed by atoms with Crippen molar-refractivity contribution in [2.45, 2.75) is 45.4 Å². The Morgan fingerprint density at radius 2 is 2.11 bits per heavy atom. The smallest absolute Gasteiger partial charge is 0.251 e. The Hall–Kier alpha value is -2.40. The van der Waals surface area contributed by atoms with Crippen LogP contribution in [0.15, 0.2) is 42.6 Å². The molecule has 1 amide bonds. The molecular weight excluding hydrogens is 338 g/mol. The number of aromatic nitrogens is 1. The van der Waals surface area contributed by atoms with Crippen LogP contribution in [0.3, 0.4) is 0 Å². The lowest BCUT2D eigenvalue weighted by atomic mass is 10.1. The average Bonchev–Trinajstić information content (AvgIpc) is 3.46. The molecule has 2 heterocycles. The van der Waals surface area contributed by atoms with Gasteiger partial charge in [-0.25, -0.2) is 0 Å². The molecule has 2 fully saturated rings. The van der Waals surface area contributed by atoms with Gasteiger partial charge in [0.15, 0.2) is 0 Å². The van der Waals surface area contributed by atoms with Crippen molar-refractivity contribution in [3.8, 4) is 5.75 Å². The molecule has 4 rings (SSSR count). The third kappa shape index (κ3) is 4.48. The topological polar surface area (TPSA) is 54.5 Å². The van der Waals surface area contributed by atoms with Crippen LogP contribution in [0.1, 0.15) is 41.4 Å². The number of amides is 1. The van der Waals surface area contributed by atoms with Crippen molar-refractivity contribution in [2.24, 2.45) is 5.92 Å². The van der Waals surface area contributed by atoms with Gasteiger partial charge in [0.1, 0.15) is 12.4 Å². The molecule has 5 nitrogen and oxygen atoms in total. The van der Waals surface area contributed by atoms with Crippen LogP contribution in [0.4, 0.5) is 0 Å². The van der Waals surface area contributed by atoms with Crippen molar-refractivity contribution in [3.63, 3.8) is 0 Å². The first-order chi connectivity index (χ1) is 13.1. The highest BCUT2D eigenvalue weighted by atomic mass is 16.5. The van der Waals surface area contributed by atoms with E-state index in [1.54, 1.807) is 6.20 Å². The molecule has 5 heteroatoms. The van der Waals surface area contributed by atoms with Gasteiger partial charge >= 0.3 is 0 Å². The first-order valence-corrected chi connectivity index (χ1v) is 9.78. The van der Waals surface area contributed by atoms with Gasteiger partial charge in [-0.15, -0.1) is 0 Å². The zero-order valence-corrected chi connectivity index (χ0v) is 16.0. The summed E-state index contributed by atoms with van der Waals surface area (Å²) in [5.41, 5.74) is 2.62. The summed E-state index contributed by atoms with van der Waals surface area (Å²) >= 11 is 0. The zero-order valence-electron chi connectivity index (χ0n) is 16.0. The molecule has 1 aromatic carbocycles. The molecule has 0 spiro atoms. The molecule has 1 saturated heterocycles. The van der Waals surface area contributed by atoms with E-state index >= 15 is 0 Å². The fourth-order valence-electron chi connectivity index (χ4n) is 3.69. The molecule has 0 radical (unpaired) electrons. The first-order valence-electron chi connectivity index (χ1n) is 9.78. The second-order valence-electron chi connectivity index (χ2n) is 7.87. The van der Waals surface area contributed by atoms with E-state index < -0.39 is 0 Å². The van der Waals surface area contributed by atoms with Crippen molar-refractivity contribution in [1.82, 2.24) is 15.2 Å². The summed E-state index contributed by atoms with van der Waals surface area (Å²) in [7, 11) is 0. The number of pyridine rings is 1. The summed E-state index contributed by atoms with van der Waals surface area (Å²) in [6.45, 7) is 6.66. The lowest BCUT2D eigenvalue weighted by molar-refractivity contribution is 0.0931. The molecule has 142 valence electrons. The van der Waals surface area contributed by atoms with Gasteiger partial charge in [-0.2, -0.15) is 0 Å². The van der Waals surface area contributed by atoms with Crippen LogP contribution >= 0.6 is 0 Å². The van der Waals surface area contributed by atoms with E-state index in [9.17, 15) is 4.79 Å². The second kappa shape index (κ2) is 7.69. The predicted octanol–water partition coefficient (Wildman–Crippen LogP) is 3.18. The fraction of sp³-hybridized carbons (Fsp3) is 0.455. The van der Waals surface area contributed by atoms with Gasteiger partial charge in [0, 0.05) is 36.4 Å². The molecule has 2 aromatic rings. The minimum Gasteiger partial charge on any atom is -0.487 e. The minimum absolute atomic E-state index is 0.00310. The molecule has 2 unspecified atom stereocenters. The van der Waals surface area contributed by atoms with E-state index in [0.717, 1.165) is 36.1 Å². The molecule has 1 saturated carbocycles. The monoisotopic (exact) mass is 365 g/mol. The average molecular weight is 365 g/mol. The summed E-state index contributed by atoms with van der Waals surface area (Å²) in [6, 6.07) is 12.5. The molecule has 2 aliphatic rings. The summed E-state index contributed by atoms with van der Waals surface area (Å²) in [5, 5.41) is 3.23. The summed E-state index contributed by atoms with van der Waals surface area (Å²) in [6.07, 6.45) is 4.34. The number of hydrogen-bond donors (Lipinski definition) is 1. The fourth-order valence-corrected chi connectivity index (χ4v) is 3.69. The molecule has 1 N–H and O–H groups in total. The van der Waals surface area contributed by atoms with Gasteiger partial charge < -0.3 is 10.1 Å². The van der Waals surface area contributed by atoms with Crippen LogP contribution in [-0.4, -0.2) is 41.0 Å². The van der Waals surface area contributed by atoms with Crippen LogP contribution in [0.5, 0.6) is 5.75 Å². The van der Waals surface area contributed by atoms with Crippen LogP contribution in [0.2, 0.25) is 0 Å². The lowest BCUT2D eigenvalue weighted by Crippen LogP contribution is -2.40. The van der Waals surface area contributed by atoms with E-state index in [-0.39, 0.29) is 11.9 Å². The SMILES string of the molecule is Cc1ccc(OCc2cccc(C(=O)NC3CN(C4CC4)CC3C)c2)cn1. The van der Waals surface area contributed by atoms with E-state index in [1.807, 2.05) is 43.3 Å². The third-order valence-corrected chi connectivity index (χ3v) is 5.50. The highest BCUT2D eigenvalue weighted by molar-refractivity contribution is 5.94. The Morgan fingerprint density at radius 1 is 1.26 bits per heavy atom. The maximum atomic E-state index is 12.7. The number of hydrogen-bond acceptors (Lipinski definition) is 4. The Morgan fingerprint density at radius 3 is 2.85 bits per heavy atom. The second-order valence-corrected chi connectivity index (χ2v) is 7.87. The van der Waals surface area contributed by atoms with Crippen molar-refractivity contribution in [2.75, 3.05) is 13.1 Å². The highest BCUT2D eigenvalue weighted by Crippen LogP contribution is 2.31. The van der Waals surface area contributed by atoms with E-state index in [2.05, 4.69) is 22.1 Å². The Bertz CT molecular complexity index is 801. The number of carbonyl (C=O) groups excluding carboxylic acids is 1. The van der Waals surface area contributed by atoms with Crippen molar-refractivity contribution >= 4 is 5.91 Å². The first kappa shape index (κ1) is 18.0. The number of aryl methyl sites for hydroxylation is 1. The number of ether oxygens (including phenoxy) is 1. The number of benzene rings is 1. The molecule has 1 aliphatic carbocycles. The Balaban J connectivity index is 1.35. The van der Waals surface area contributed by atoms with E-state index in [4.69, 9.17) is 4.74 Å². The zero-order chi connectivity index (χ0) is 18.8. The van der Waals surface area contributed by atoms with Crippen LogP contribution in [0, 0.1) is 12.8 Å². The largest absolute Gasteiger partial charge is 0.487 e. The molecular formula is C22H27N3O2. The predicted molar refractivity (Wildman–Crippen MR) is 105 cm³/mol. The van der Waals surface area contributed by atoms with Crippen molar-refractivity contribution < 1.29 is 9.53 Å². The molecule has 1 aliphatic heterocycles. The van der Waals surface area contributed by atoms with Gasteiger partial charge in [0.05, 0.1) is 6.20 Å². The summed E-state index contributed by atoms with van der Waals surface area (Å²) in [5.74, 6) is 1.23. The summed E-state index contributed by atoms with van der Waals surface area (Å²) in [4.78, 5) is 19.5. The quantitative estimate of drug-likeness (QED) is 0.854. The maximum absolute atomic E-state index is 12.7. The van der Waals surface area contributed by atoms with Gasteiger partial charge in [-0.3, -0.25) is 14.7 Å². The highest BCUT2D eigenvalue weighted by Gasteiger charge is 2.38. The van der Waals surface area contributed by atoms with E-state index in [1.165, 1.54) is 12.8 Å². The van der Waals surface area contributed by atoms with E-state index in [0.29, 0.717) is 18.1 Å². The standard InChI is InChI=1S/C22H27N3O2/c1-15-12-25(19-7-8-19)13-21(15)24-22(26)18-5-3-4-17(10-18)14-27-20-9-6-16(2)23-11-20/h3-6,9-11,15,19,21H,7-8,12-14H2,1-2H3,(H,24,26). The third-order valence-electron chi connectivity index (χ3n) is 5.50. The molecule has 1 aromatic heterocycles. The number of rotatable bonds is 6. The van der Waals surface area contributed by atoms with Gasteiger partial charge in [0.2, 0.25) is 0 Å². The molecule has 27 heavy (non-hydrogen) atoms. The number of likely N-dealkylation sites (tertiary alicyclic amines) is 1. The van der Waals surface area contributed by atoms with Crippen LogP contribution in [-0.2, 0) is 6.61 Å². The minimum atomic E-state index is 0.00310. The lowest BCUT2D eigenvalue weighted by Gasteiger charge is -2.17. The van der Waals surface area contributed by atoms with Crippen molar-refractivity contribution in [1.29, 1.82) is 0 Å². The molecule has 0 bridgehead atoms. The maximum Gasteiger partial charge on any atom is 0.251 e. The molecule has 2 atom stereocenters. The number of nitrogens with zero attached hydrogens (tertiary/aromatic N) is 2. The number of nitrogens with one attached hydrogen (secondary N) is 1. The normalized spacial score (nSPS) is 22.6. The van der Waals surface area contributed by atoms with Gasteiger partial charge in [-0.1, -0.05) is 19.1 Å². The Kier molecular flexibility index (Phi) is 5.12. The van der Waals surface area contributed by atoms with Crippen LogP contribution in [0.25, 0.3) is 0 Å².